The quantitative estimate of drug-likeness (QED) is 0.713. The molecule has 2 nitrogen and oxygen atoms in total. The summed E-state index contributed by atoms with van der Waals surface area (Å²) < 4.78 is 0. The molecule has 1 aliphatic carbocycles. The van der Waals surface area contributed by atoms with Gasteiger partial charge in [0.1, 0.15) is 0 Å². The van der Waals surface area contributed by atoms with Crippen molar-refractivity contribution >= 4 is 11.6 Å². The molecule has 0 heterocycles. The average Bonchev–Trinajstić information content (AvgIpc) is 2.52. The summed E-state index contributed by atoms with van der Waals surface area (Å²) in [4.78, 5) is 25.1. The lowest BCUT2D eigenvalue weighted by Gasteiger charge is -2.19. The van der Waals surface area contributed by atoms with Crippen LogP contribution in [0.2, 0.25) is 0 Å². The van der Waals surface area contributed by atoms with E-state index in [1.165, 1.54) is 0 Å². The fraction of sp³-hybridized carbons (Fsp3) is 0.263. The maximum Gasteiger partial charge on any atom is 0.194 e. The lowest BCUT2D eigenvalue weighted by Crippen LogP contribution is -2.21. The number of ketones is 2. The molecule has 1 aliphatic rings. The van der Waals surface area contributed by atoms with Crippen molar-refractivity contribution < 1.29 is 9.59 Å². The Morgan fingerprint density at radius 2 is 1.43 bits per heavy atom. The van der Waals surface area contributed by atoms with Crippen LogP contribution in [-0.2, 0) is 0 Å². The molecule has 0 fully saturated rings. The van der Waals surface area contributed by atoms with E-state index in [9.17, 15) is 9.59 Å². The van der Waals surface area contributed by atoms with Crippen molar-refractivity contribution in [1.82, 2.24) is 0 Å². The lowest BCUT2D eigenvalue weighted by atomic mass is 9.82. The fourth-order valence-corrected chi connectivity index (χ4v) is 3.02. The van der Waals surface area contributed by atoms with E-state index in [4.69, 9.17) is 0 Å². The number of carbonyl (C=O) groups excluding carboxylic acids is 2. The van der Waals surface area contributed by atoms with E-state index in [1.807, 2.05) is 18.2 Å². The van der Waals surface area contributed by atoms with E-state index in [2.05, 4.69) is 13.8 Å². The minimum Gasteiger partial charge on any atom is -0.289 e. The molecule has 0 aromatic heterocycles. The van der Waals surface area contributed by atoms with Gasteiger partial charge in [0.25, 0.3) is 0 Å². The summed E-state index contributed by atoms with van der Waals surface area (Å²) in [5.41, 5.74) is 3.26. The van der Waals surface area contributed by atoms with Crippen molar-refractivity contribution in [1.29, 1.82) is 0 Å². The maximum atomic E-state index is 12.6. The summed E-state index contributed by atoms with van der Waals surface area (Å²) in [6.07, 6.45) is 2.19. The summed E-state index contributed by atoms with van der Waals surface area (Å²) in [6.45, 7) is 4.31. The molecule has 2 aromatic rings. The highest BCUT2D eigenvalue weighted by Gasteiger charge is 2.29. The van der Waals surface area contributed by atoms with Gasteiger partial charge in [-0.1, -0.05) is 56.7 Å². The van der Waals surface area contributed by atoms with Crippen LogP contribution in [0.5, 0.6) is 0 Å². The summed E-state index contributed by atoms with van der Waals surface area (Å²) >= 11 is 0. The van der Waals surface area contributed by atoms with Gasteiger partial charge in [-0.2, -0.15) is 0 Å². The molecule has 0 unspecified atom stereocenters. The van der Waals surface area contributed by atoms with E-state index >= 15 is 0 Å². The van der Waals surface area contributed by atoms with Crippen LogP contribution in [0.15, 0.2) is 42.5 Å². The molecule has 2 heteroatoms. The van der Waals surface area contributed by atoms with Gasteiger partial charge in [0, 0.05) is 22.3 Å². The van der Waals surface area contributed by atoms with E-state index < -0.39 is 0 Å². The van der Waals surface area contributed by atoms with Crippen LogP contribution in [0, 0.1) is 0 Å². The first-order chi connectivity index (χ1) is 10.1. The van der Waals surface area contributed by atoms with Gasteiger partial charge >= 0.3 is 0 Å². The maximum absolute atomic E-state index is 12.6. The van der Waals surface area contributed by atoms with Gasteiger partial charge in [-0.25, -0.2) is 0 Å². The minimum atomic E-state index is -0.0464. The number of carbonyl (C=O) groups is 2. The second kappa shape index (κ2) is 5.28. The molecule has 0 amide bonds. The van der Waals surface area contributed by atoms with Gasteiger partial charge in [0.05, 0.1) is 0 Å². The second-order valence-electron chi connectivity index (χ2n) is 5.70. The predicted molar refractivity (Wildman–Crippen MR) is 83.1 cm³/mol. The lowest BCUT2D eigenvalue weighted by molar-refractivity contribution is 0.0979. The molecule has 0 saturated heterocycles. The van der Waals surface area contributed by atoms with Crippen LogP contribution in [0.1, 0.15) is 70.0 Å². The molecule has 0 aliphatic heterocycles. The Bertz CT molecular complexity index is 728. The zero-order valence-electron chi connectivity index (χ0n) is 12.3. The SMILES string of the molecule is CCC[C@@H](C)c1ccc2c(c1)C(=O)c1ccccc1C2=O. The van der Waals surface area contributed by atoms with E-state index in [0.29, 0.717) is 28.2 Å². The van der Waals surface area contributed by atoms with Crippen molar-refractivity contribution in [2.45, 2.75) is 32.6 Å². The first kappa shape index (κ1) is 13.7. The van der Waals surface area contributed by atoms with Gasteiger partial charge in [-0.3, -0.25) is 9.59 Å². The van der Waals surface area contributed by atoms with Crippen molar-refractivity contribution in [2.75, 3.05) is 0 Å². The van der Waals surface area contributed by atoms with Gasteiger partial charge < -0.3 is 0 Å². The molecular weight excluding hydrogens is 260 g/mol. The van der Waals surface area contributed by atoms with Gasteiger partial charge in [0.15, 0.2) is 11.6 Å². The molecule has 1 atom stereocenters. The Morgan fingerprint density at radius 1 is 0.857 bits per heavy atom. The summed E-state index contributed by atoms with van der Waals surface area (Å²) in [6, 6.07) is 12.8. The molecule has 0 N–H and O–H groups in total. The Balaban J connectivity index is 2.11. The number of fused-ring (bicyclic) bond motifs is 2. The monoisotopic (exact) mass is 278 g/mol. The highest BCUT2D eigenvalue weighted by Crippen LogP contribution is 2.30. The third kappa shape index (κ3) is 2.21. The largest absolute Gasteiger partial charge is 0.289 e. The average molecular weight is 278 g/mol. The molecule has 2 aromatic carbocycles. The third-order valence-corrected chi connectivity index (χ3v) is 4.24. The first-order valence-electron chi connectivity index (χ1n) is 7.46. The topological polar surface area (TPSA) is 34.1 Å². The van der Waals surface area contributed by atoms with Crippen LogP contribution >= 0.6 is 0 Å². The van der Waals surface area contributed by atoms with Crippen LogP contribution < -0.4 is 0 Å². The zero-order chi connectivity index (χ0) is 15.0. The van der Waals surface area contributed by atoms with Crippen LogP contribution in [0.3, 0.4) is 0 Å². The Morgan fingerprint density at radius 3 is 2.05 bits per heavy atom. The number of hydrogen-bond acceptors (Lipinski definition) is 2. The van der Waals surface area contributed by atoms with Gasteiger partial charge in [0.2, 0.25) is 0 Å². The molecule has 0 saturated carbocycles. The smallest absolute Gasteiger partial charge is 0.194 e. The molecule has 0 radical (unpaired) electrons. The summed E-state index contributed by atoms with van der Waals surface area (Å²) in [7, 11) is 0. The first-order valence-corrected chi connectivity index (χ1v) is 7.46. The molecule has 0 bridgehead atoms. The third-order valence-electron chi connectivity index (χ3n) is 4.24. The highest BCUT2D eigenvalue weighted by molar-refractivity contribution is 6.28. The minimum absolute atomic E-state index is 0.0363. The fourth-order valence-electron chi connectivity index (χ4n) is 3.02. The van der Waals surface area contributed by atoms with Crippen molar-refractivity contribution in [2.24, 2.45) is 0 Å². The van der Waals surface area contributed by atoms with E-state index in [1.54, 1.807) is 24.3 Å². The summed E-state index contributed by atoms with van der Waals surface area (Å²) in [5.74, 6) is 0.320. The Labute approximate surface area is 124 Å². The second-order valence-corrected chi connectivity index (χ2v) is 5.70. The Kier molecular flexibility index (Phi) is 3.46. The standard InChI is InChI=1S/C19H18O2/c1-3-6-12(2)13-9-10-16-17(11-13)19(21)15-8-5-4-7-14(15)18(16)20/h4-5,7-12H,3,6H2,1-2H3/t12-/m1/s1. The van der Waals surface area contributed by atoms with Crippen molar-refractivity contribution in [3.05, 3.63) is 70.3 Å². The Hall–Kier alpha value is -2.22. The predicted octanol–water partition coefficient (Wildman–Crippen LogP) is 4.37. The zero-order valence-corrected chi connectivity index (χ0v) is 12.3. The number of rotatable bonds is 3. The van der Waals surface area contributed by atoms with Gasteiger partial charge in [-0.05, 0) is 24.0 Å². The number of hydrogen-bond donors (Lipinski definition) is 0. The van der Waals surface area contributed by atoms with Crippen molar-refractivity contribution in [3.8, 4) is 0 Å². The van der Waals surface area contributed by atoms with Gasteiger partial charge in [-0.15, -0.1) is 0 Å². The molecule has 106 valence electrons. The van der Waals surface area contributed by atoms with Crippen LogP contribution in [0.25, 0.3) is 0 Å². The van der Waals surface area contributed by atoms with E-state index in [-0.39, 0.29) is 11.6 Å². The van der Waals surface area contributed by atoms with E-state index in [0.717, 1.165) is 18.4 Å². The highest BCUT2D eigenvalue weighted by atomic mass is 16.1. The summed E-state index contributed by atoms with van der Waals surface area (Å²) in [5, 5.41) is 0. The number of benzene rings is 2. The molecular formula is C19H18O2. The van der Waals surface area contributed by atoms with Crippen molar-refractivity contribution in [3.63, 3.8) is 0 Å². The van der Waals surface area contributed by atoms with Crippen LogP contribution in [-0.4, -0.2) is 11.6 Å². The van der Waals surface area contributed by atoms with Crippen LogP contribution in [0.4, 0.5) is 0 Å². The molecule has 3 rings (SSSR count). The molecule has 0 spiro atoms. The molecule has 21 heavy (non-hydrogen) atoms. The normalized spacial score (nSPS) is 14.6.